The predicted octanol–water partition coefficient (Wildman–Crippen LogP) is 2.03. The zero-order chi connectivity index (χ0) is 14.9. The van der Waals surface area contributed by atoms with Crippen LogP contribution >= 0.6 is 11.3 Å². The molecular weight excluding hydrogens is 306 g/mol. The SMILES string of the molecule is O=S(=O)(c1ccsc1CO)N1CCc2ccccc2CC1. The minimum absolute atomic E-state index is 0.236. The average molecular weight is 323 g/mol. The average Bonchev–Trinajstić information content (AvgIpc) is 2.87. The topological polar surface area (TPSA) is 57.6 Å². The van der Waals surface area contributed by atoms with Crippen molar-refractivity contribution in [1.29, 1.82) is 0 Å². The monoisotopic (exact) mass is 323 g/mol. The molecule has 0 radical (unpaired) electrons. The van der Waals surface area contributed by atoms with E-state index in [0.29, 0.717) is 18.0 Å². The standard InChI is InChI=1S/C15H17NO3S2/c17-11-14-15(7-10-20-14)21(18,19)16-8-5-12-3-1-2-4-13(12)6-9-16/h1-4,7,10,17H,5-6,8-9,11H2. The highest BCUT2D eigenvalue weighted by Gasteiger charge is 2.28. The highest BCUT2D eigenvalue weighted by molar-refractivity contribution is 7.89. The van der Waals surface area contributed by atoms with Crippen LogP contribution in [0.25, 0.3) is 0 Å². The fourth-order valence-corrected chi connectivity index (χ4v) is 5.41. The Balaban J connectivity index is 1.89. The lowest BCUT2D eigenvalue weighted by Crippen LogP contribution is -2.33. The smallest absolute Gasteiger partial charge is 0.244 e. The van der Waals surface area contributed by atoms with Gasteiger partial charge in [-0.1, -0.05) is 24.3 Å². The number of aliphatic hydroxyl groups excluding tert-OH is 1. The van der Waals surface area contributed by atoms with Crippen LogP contribution in [0, 0.1) is 0 Å². The Hall–Kier alpha value is -1.21. The quantitative estimate of drug-likeness (QED) is 0.940. The van der Waals surface area contributed by atoms with E-state index in [1.54, 1.807) is 11.4 Å². The number of hydrogen-bond donors (Lipinski definition) is 1. The summed E-state index contributed by atoms with van der Waals surface area (Å²) in [4.78, 5) is 0.762. The summed E-state index contributed by atoms with van der Waals surface area (Å²) in [5.41, 5.74) is 2.45. The first-order chi connectivity index (χ1) is 10.1. The Labute approximate surface area is 128 Å². The number of benzene rings is 1. The summed E-state index contributed by atoms with van der Waals surface area (Å²) in [5.74, 6) is 0. The fraction of sp³-hybridized carbons (Fsp3) is 0.333. The van der Waals surface area contributed by atoms with E-state index in [-0.39, 0.29) is 11.5 Å². The molecule has 0 spiro atoms. The van der Waals surface area contributed by atoms with Gasteiger partial charge in [0.25, 0.3) is 0 Å². The van der Waals surface area contributed by atoms with Gasteiger partial charge in [0.2, 0.25) is 10.0 Å². The molecular formula is C15H17NO3S2. The van der Waals surface area contributed by atoms with Gasteiger partial charge in [0.05, 0.1) is 11.5 Å². The molecule has 112 valence electrons. The molecule has 6 heteroatoms. The number of thiophene rings is 1. The van der Waals surface area contributed by atoms with E-state index in [2.05, 4.69) is 12.1 Å². The van der Waals surface area contributed by atoms with E-state index in [4.69, 9.17) is 0 Å². The predicted molar refractivity (Wildman–Crippen MR) is 82.9 cm³/mol. The molecule has 1 aromatic heterocycles. The molecule has 0 aliphatic carbocycles. The summed E-state index contributed by atoms with van der Waals surface area (Å²) in [7, 11) is -3.52. The highest BCUT2D eigenvalue weighted by atomic mass is 32.2. The Morgan fingerprint density at radius 1 is 1.10 bits per heavy atom. The van der Waals surface area contributed by atoms with Crippen LogP contribution in [0.3, 0.4) is 0 Å². The van der Waals surface area contributed by atoms with Gasteiger partial charge >= 0.3 is 0 Å². The summed E-state index contributed by atoms with van der Waals surface area (Å²) in [6.45, 7) is 0.737. The molecule has 0 fully saturated rings. The van der Waals surface area contributed by atoms with Crippen molar-refractivity contribution in [3.63, 3.8) is 0 Å². The molecule has 1 aromatic carbocycles. The van der Waals surface area contributed by atoms with Gasteiger partial charge in [0.1, 0.15) is 0 Å². The summed E-state index contributed by atoms with van der Waals surface area (Å²) >= 11 is 1.28. The molecule has 0 amide bonds. The van der Waals surface area contributed by atoms with Crippen molar-refractivity contribution in [3.8, 4) is 0 Å². The van der Waals surface area contributed by atoms with Crippen molar-refractivity contribution in [1.82, 2.24) is 4.31 Å². The van der Waals surface area contributed by atoms with Gasteiger partial charge in [-0.25, -0.2) is 8.42 Å². The summed E-state index contributed by atoms with van der Waals surface area (Å²) < 4.78 is 27.0. The van der Waals surface area contributed by atoms with Crippen molar-refractivity contribution >= 4 is 21.4 Å². The van der Waals surface area contributed by atoms with Gasteiger partial charge < -0.3 is 5.11 Å². The fourth-order valence-electron chi connectivity index (χ4n) is 2.70. The van der Waals surface area contributed by atoms with Crippen molar-refractivity contribution < 1.29 is 13.5 Å². The molecule has 1 aliphatic heterocycles. The van der Waals surface area contributed by atoms with Gasteiger partial charge in [0, 0.05) is 18.0 Å². The highest BCUT2D eigenvalue weighted by Crippen LogP contribution is 2.27. The third-order valence-electron chi connectivity index (χ3n) is 3.85. The number of nitrogens with zero attached hydrogens (tertiary/aromatic N) is 1. The molecule has 0 unspecified atom stereocenters. The molecule has 2 aromatic rings. The van der Waals surface area contributed by atoms with Crippen LogP contribution in [-0.4, -0.2) is 30.9 Å². The van der Waals surface area contributed by atoms with Gasteiger partial charge in [-0.3, -0.25) is 0 Å². The molecule has 3 rings (SSSR count). The zero-order valence-corrected chi connectivity index (χ0v) is 13.2. The number of hydrogen-bond acceptors (Lipinski definition) is 4. The second-order valence-corrected chi connectivity index (χ2v) is 7.95. The molecule has 0 saturated heterocycles. The van der Waals surface area contributed by atoms with Gasteiger partial charge in [-0.15, -0.1) is 11.3 Å². The third kappa shape index (κ3) is 2.76. The third-order valence-corrected chi connectivity index (χ3v) is 6.86. The van der Waals surface area contributed by atoms with Gasteiger partial charge in [-0.2, -0.15) is 4.31 Å². The van der Waals surface area contributed by atoms with Crippen molar-refractivity contribution in [2.75, 3.05) is 13.1 Å². The van der Waals surface area contributed by atoms with Crippen molar-refractivity contribution in [3.05, 3.63) is 51.7 Å². The minimum Gasteiger partial charge on any atom is -0.391 e. The van der Waals surface area contributed by atoms with E-state index in [1.807, 2.05) is 12.1 Å². The van der Waals surface area contributed by atoms with Crippen molar-refractivity contribution in [2.45, 2.75) is 24.3 Å². The van der Waals surface area contributed by atoms with Crippen LogP contribution in [0.4, 0.5) is 0 Å². The maximum absolute atomic E-state index is 12.8. The lowest BCUT2D eigenvalue weighted by molar-refractivity contribution is 0.282. The van der Waals surface area contributed by atoms with E-state index in [9.17, 15) is 13.5 Å². The lowest BCUT2D eigenvalue weighted by Gasteiger charge is -2.19. The Morgan fingerprint density at radius 3 is 2.29 bits per heavy atom. The summed E-state index contributed by atoms with van der Waals surface area (Å²) in [6, 6.07) is 9.70. The number of aliphatic hydroxyl groups is 1. The van der Waals surface area contributed by atoms with E-state index in [1.165, 1.54) is 26.8 Å². The molecule has 0 atom stereocenters. The van der Waals surface area contributed by atoms with Crippen LogP contribution in [0.2, 0.25) is 0 Å². The van der Waals surface area contributed by atoms with Gasteiger partial charge in [-0.05, 0) is 35.4 Å². The molecule has 2 heterocycles. The molecule has 21 heavy (non-hydrogen) atoms. The maximum Gasteiger partial charge on any atom is 0.244 e. The normalized spacial score (nSPS) is 16.4. The van der Waals surface area contributed by atoms with Crippen LogP contribution < -0.4 is 0 Å². The van der Waals surface area contributed by atoms with Crippen LogP contribution in [0.1, 0.15) is 16.0 Å². The van der Waals surface area contributed by atoms with E-state index < -0.39 is 10.0 Å². The Bertz CT molecular complexity index is 710. The Morgan fingerprint density at radius 2 is 1.71 bits per heavy atom. The lowest BCUT2D eigenvalue weighted by atomic mass is 10.0. The van der Waals surface area contributed by atoms with E-state index in [0.717, 1.165) is 12.8 Å². The zero-order valence-electron chi connectivity index (χ0n) is 11.5. The molecule has 1 N–H and O–H groups in total. The first-order valence-corrected chi connectivity index (χ1v) is 9.19. The molecule has 1 aliphatic rings. The van der Waals surface area contributed by atoms with Crippen LogP contribution in [-0.2, 0) is 29.5 Å². The number of rotatable bonds is 3. The Kier molecular flexibility index (Phi) is 4.12. The largest absolute Gasteiger partial charge is 0.391 e. The van der Waals surface area contributed by atoms with E-state index >= 15 is 0 Å². The first-order valence-electron chi connectivity index (χ1n) is 6.87. The van der Waals surface area contributed by atoms with Crippen LogP contribution in [0.5, 0.6) is 0 Å². The second-order valence-electron chi connectivity index (χ2n) is 5.04. The second kappa shape index (κ2) is 5.88. The molecule has 0 bridgehead atoms. The number of fused-ring (bicyclic) bond motifs is 1. The van der Waals surface area contributed by atoms with Gasteiger partial charge in [0.15, 0.2) is 0 Å². The molecule has 0 saturated carbocycles. The number of sulfonamides is 1. The van der Waals surface area contributed by atoms with Crippen molar-refractivity contribution in [2.24, 2.45) is 0 Å². The first kappa shape index (κ1) is 14.7. The summed E-state index contributed by atoms with van der Waals surface area (Å²) in [5, 5.41) is 11.0. The summed E-state index contributed by atoms with van der Waals surface area (Å²) in [6.07, 6.45) is 1.46. The maximum atomic E-state index is 12.8. The molecule has 4 nitrogen and oxygen atoms in total. The van der Waals surface area contributed by atoms with Crippen LogP contribution in [0.15, 0.2) is 40.6 Å². The minimum atomic E-state index is -3.52.